The summed E-state index contributed by atoms with van der Waals surface area (Å²) in [5.41, 5.74) is 0. The van der Waals surface area contributed by atoms with Gasteiger partial charge in [-0.05, 0) is 30.6 Å². The van der Waals surface area contributed by atoms with Crippen molar-refractivity contribution >= 4 is 47.7 Å². The predicted molar refractivity (Wildman–Crippen MR) is 77.1 cm³/mol. The Hall–Kier alpha value is 0.135. The number of halogens is 1. The number of hydrogen-bond donors (Lipinski definition) is 1. The molecule has 0 aliphatic heterocycles. The van der Waals surface area contributed by atoms with E-state index in [1.54, 1.807) is 0 Å². The van der Waals surface area contributed by atoms with Crippen LogP contribution in [-0.2, 0) is 4.79 Å². The van der Waals surface area contributed by atoms with Crippen molar-refractivity contribution in [2.75, 3.05) is 0 Å². The Kier molecular flexibility index (Phi) is 4.23. The number of allylic oxidation sites excluding steroid dienone is 2. The zero-order chi connectivity index (χ0) is 10.7. The molecule has 0 aromatic rings. The second-order valence-corrected chi connectivity index (χ2v) is 5.72. The molecule has 2 bridgehead atoms. The SMILES string of the molecule is O=C(CC1CC2C=CC1C2)NBBBI. The van der Waals surface area contributed by atoms with Gasteiger partial charge in [0.15, 0.2) is 12.3 Å². The van der Waals surface area contributed by atoms with Crippen LogP contribution in [0, 0.1) is 17.8 Å². The van der Waals surface area contributed by atoms with E-state index >= 15 is 0 Å². The summed E-state index contributed by atoms with van der Waals surface area (Å²) in [6.07, 6.45) is 7.92. The summed E-state index contributed by atoms with van der Waals surface area (Å²) >= 11 is 2.34. The van der Waals surface area contributed by atoms with Gasteiger partial charge in [0.05, 0.1) is 7.06 Å². The molecule has 15 heavy (non-hydrogen) atoms. The second kappa shape index (κ2) is 5.46. The molecule has 78 valence electrons. The maximum Gasteiger partial charge on any atom is 0.207 e. The topological polar surface area (TPSA) is 29.1 Å². The molecule has 3 atom stereocenters. The maximum atomic E-state index is 11.6. The number of fused-ring (bicyclic) bond motifs is 2. The standard InChI is InChI=1S/C9H15B3INO/c13-11-10-12-14-9(15)5-8-4-6-1-2-7(8)3-6/h1-2,6-8,10-12H,3-5H2,(H,14,15). The van der Waals surface area contributed by atoms with Gasteiger partial charge in [0.1, 0.15) is 0 Å². The smallest absolute Gasteiger partial charge is 0.207 e. The van der Waals surface area contributed by atoms with E-state index in [1.807, 2.05) is 0 Å². The molecule has 0 aromatic heterocycles. The number of amides is 1. The van der Waals surface area contributed by atoms with Gasteiger partial charge in [-0.25, -0.2) is 0 Å². The van der Waals surface area contributed by atoms with Crippen molar-refractivity contribution in [1.29, 1.82) is 0 Å². The fraction of sp³-hybridized carbons (Fsp3) is 0.667. The summed E-state index contributed by atoms with van der Waals surface area (Å²) in [7, 11) is 1.93. The van der Waals surface area contributed by atoms with Gasteiger partial charge in [0.2, 0.25) is 5.91 Å². The Morgan fingerprint density at radius 3 is 2.93 bits per heavy atom. The fourth-order valence-corrected chi connectivity index (χ4v) is 3.12. The highest BCUT2D eigenvalue weighted by Gasteiger charge is 2.36. The minimum Gasteiger partial charge on any atom is -0.411 e. The first-order valence-electron chi connectivity index (χ1n) is 5.80. The minimum absolute atomic E-state index is 0.255. The number of carbonyl (C=O) groups excluding carboxylic acids is 1. The number of carbonyl (C=O) groups is 1. The summed E-state index contributed by atoms with van der Waals surface area (Å²) in [6.45, 7) is 0. The fourth-order valence-electron chi connectivity index (χ4n) is 2.73. The average molecular weight is 313 g/mol. The van der Waals surface area contributed by atoms with Crippen LogP contribution in [0.3, 0.4) is 0 Å². The maximum absolute atomic E-state index is 11.6. The molecule has 2 aliphatic rings. The zero-order valence-corrected chi connectivity index (χ0v) is 11.1. The highest BCUT2D eigenvalue weighted by atomic mass is 127. The van der Waals surface area contributed by atoms with E-state index in [0.29, 0.717) is 11.8 Å². The Labute approximate surface area is 107 Å². The second-order valence-electron chi connectivity index (χ2n) is 4.64. The normalized spacial score (nSPS) is 31.4. The third kappa shape index (κ3) is 3.05. The molecule has 1 amide bonds. The van der Waals surface area contributed by atoms with E-state index < -0.39 is 0 Å². The van der Waals surface area contributed by atoms with E-state index in [9.17, 15) is 4.79 Å². The summed E-state index contributed by atoms with van der Waals surface area (Å²) < 4.78 is 0. The van der Waals surface area contributed by atoms with Crippen LogP contribution < -0.4 is 5.23 Å². The highest BCUT2D eigenvalue weighted by molar-refractivity contribution is 14.1. The van der Waals surface area contributed by atoms with Gasteiger partial charge in [-0.3, -0.25) is 4.79 Å². The lowest BCUT2D eigenvalue weighted by Crippen LogP contribution is -2.34. The summed E-state index contributed by atoms with van der Waals surface area (Å²) in [6, 6.07) is 0. The molecule has 0 heterocycles. The lowest BCUT2D eigenvalue weighted by atomic mass is 9.33. The van der Waals surface area contributed by atoms with Crippen LogP contribution in [0.25, 0.3) is 0 Å². The predicted octanol–water partition coefficient (Wildman–Crippen LogP) is 0.109. The van der Waals surface area contributed by atoms with Crippen molar-refractivity contribution in [1.82, 2.24) is 5.23 Å². The Balaban J connectivity index is 1.69. The van der Waals surface area contributed by atoms with Crippen LogP contribution >= 0.6 is 22.4 Å². The third-order valence-corrected chi connectivity index (χ3v) is 4.26. The van der Waals surface area contributed by atoms with Gasteiger partial charge in [-0.15, -0.1) is 0 Å². The van der Waals surface area contributed by atoms with E-state index in [2.05, 4.69) is 39.8 Å². The molecule has 0 saturated heterocycles. The van der Waals surface area contributed by atoms with Crippen molar-refractivity contribution in [3.63, 3.8) is 0 Å². The van der Waals surface area contributed by atoms with Crippen molar-refractivity contribution in [2.24, 2.45) is 17.8 Å². The van der Waals surface area contributed by atoms with Crippen molar-refractivity contribution < 1.29 is 4.79 Å². The molecular weight excluding hydrogens is 297 g/mol. The van der Waals surface area contributed by atoms with E-state index in [1.165, 1.54) is 12.8 Å². The molecule has 3 unspecified atom stereocenters. The first-order chi connectivity index (χ1) is 7.29. The molecule has 0 spiro atoms. The van der Waals surface area contributed by atoms with Crippen LogP contribution in [0.15, 0.2) is 12.2 Å². The lowest BCUT2D eigenvalue weighted by molar-refractivity contribution is -0.120. The molecule has 0 aromatic carbocycles. The zero-order valence-electron chi connectivity index (χ0n) is 8.92. The average Bonchev–Trinajstić information content (AvgIpc) is 2.79. The summed E-state index contributed by atoms with van der Waals surface area (Å²) in [5, 5.41) is 4.12. The van der Waals surface area contributed by atoms with Crippen molar-refractivity contribution in [3.8, 4) is 0 Å². The summed E-state index contributed by atoms with van der Waals surface area (Å²) in [5.74, 6) is 2.36. The highest BCUT2D eigenvalue weighted by Crippen LogP contribution is 2.44. The summed E-state index contributed by atoms with van der Waals surface area (Å²) in [4.78, 5) is 11.6. The molecule has 2 aliphatic carbocycles. The number of rotatable bonds is 5. The van der Waals surface area contributed by atoms with E-state index in [0.717, 1.165) is 31.7 Å². The quantitative estimate of drug-likeness (QED) is 0.332. The molecule has 6 heteroatoms. The Morgan fingerprint density at radius 2 is 2.33 bits per heavy atom. The van der Waals surface area contributed by atoms with Gasteiger partial charge >= 0.3 is 0 Å². The first kappa shape index (κ1) is 11.6. The lowest BCUT2D eigenvalue weighted by Gasteiger charge is -2.17. The van der Waals surface area contributed by atoms with Gasteiger partial charge in [-0.1, -0.05) is 12.2 Å². The van der Waals surface area contributed by atoms with Crippen LogP contribution in [0.2, 0.25) is 0 Å². The van der Waals surface area contributed by atoms with Crippen LogP contribution in [0.4, 0.5) is 0 Å². The Bertz CT molecular complexity index is 274. The van der Waals surface area contributed by atoms with Gasteiger partial charge in [0.25, 0.3) is 0 Å². The van der Waals surface area contributed by atoms with E-state index in [-0.39, 0.29) is 5.91 Å². The van der Waals surface area contributed by atoms with Gasteiger partial charge in [0, 0.05) is 6.42 Å². The van der Waals surface area contributed by atoms with Gasteiger partial charge < -0.3 is 5.23 Å². The first-order valence-corrected chi connectivity index (χ1v) is 7.33. The molecule has 1 saturated carbocycles. The molecule has 2 nitrogen and oxygen atoms in total. The molecule has 1 fully saturated rings. The molecule has 2 rings (SSSR count). The van der Waals surface area contributed by atoms with Crippen molar-refractivity contribution in [3.05, 3.63) is 12.2 Å². The Morgan fingerprint density at radius 1 is 1.47 bits per heavy atom. The van der Waals surface area contributed by atoms with Crippen LogP contribution in [-0.4, -0.2) is 25.3 Å². The largest absolute Gasteiger partial charge is 0.411 e. The molecule has 1 N–H and O–H groups in total. The monoisotopic (exact) mass is 313 g/mol. The van der Waals surface area contributed by atoms with Crippen molar-refractivity contribution in [2.45, 2.75) is 19.3 Å². The van der Waals surface area contributed by atoms with Gasteiger partial charge in [-0.2, -0.15) is 22.4 Å². The minimum atomic E-state index is 0.255. The van der Waals surface area contributed by atoms with Crippen LogP contribution in [0.1, 0.15) is 19.3 Å². The van der Waals surface area contributed by atoms with E-state index in [4.69, 9.17) is 0 Å². The third-order valence-electron chi connectivity index (χ3n) is 3.50. The number of nitrogens with one attached hydrogen (secondary N) is 1. The van der Waals surface area contributed by atoms with Crippen LogP contribution in [0.5, 0.6) is 0 Å². The molecule has 0 radical (unpaired) electrons. The molecular formula is C9H15B3INO. The number of hydrogen-bond acceptors (Lipinski definition) is 1.